The summed E-state index contributed by atoms with van der Waals surface area (Å²) < 4.78 is 26.9. The summed E-state index contributed by atoms with van der Waals surface area (Å²) in [6.45, 7) is 6.60. The van der Waals surface area contributed by atoms with Gasteiger partial charge in [0.25, 0.3) is 0 Å². The van der Waals surface area contributed by atoms with Gasteiger partial charge in [-0.2, -0.15) is 0 Å². The molecule has 0 aliphatic carbocycles. The van der Waals surface area contributed by atoms with Crippen molar-refractivity contribution in [1.29, 1.82) is 0 Å². The van der Waals surface area contributed by atoms with Gasteiger partial charge in [-0.15, -0.1) is 0 Å². The van der Waals surface area contributed by atoms with Crippen molar-refractivity contribution in [3.05, 3.63) is 35.4 Å². The molecular formula is C14H22N2O2S2. The first-order valence-electron chi connectivity index (χ1n) is 6.58. The monoisotopic (exact) mass is 314 g/mol. The van der Waals surface area contributed by atoms with Gasteiger partial charge >= 0.3 is 0 Å². The first-order chi connectivity index (χ1) is 9.23. The van der Waals surface area contributed by atoms with E-state index in [0.717, 1.165) is 0 Å². The number of hydrogen-bond donors (Lipinski definition) is 2. The smallest absolute Gasteiger partial charge is 0.215 e. The third-order valence-corrected chi connectivity index (χ3v) is 4.91. The number of sulfonamides is 1. The maximum Gasteiger partial charge on any atom is 0.215 e. The summed E-state index contributed by atoms with van der Waals surface area (Å²) in [5.74, 6) is 0.614. The highest BCUT2D eigenvalue weighted by atomic mass is 32.2. The Morgan fingerprint density at radius 1 is 1.30 bits per heavy atom. The highest BCUT2D eigenvalue weighted by Gasteiger charge is 2.17. The van der Waals surface area contributed by atoms with E-state index >= 15 is 0 Å². The van der Waals surface area contributed by atoms with E-state index in [1.807, 2.05) is 6.92 Å². The van der Waals surface area contributed by atoms with E-state index in [9.17, 15) is 8.42 Å². The van der Waals surface area contributed by atoms with Crippen molar-refractivity contribution in [3.63, 3.8) is 0 Å². The minimum atomic E-state index is -3.38. The first-order valence-corrected chi connectivity index (χ1v) is 8.64. The second-order valence-corrected chi connectivity index (χ2v) is 7.60. The van der Waals surface area contributed by atoms with Gasteiger partial charge in [-0.05, 0) is 17.4 Å². The van der Waals surface area contributed by atoms with Crippen LogP contribution in [0.3, 0.4) is 0 Å². The van der Waals surface area contributed by atoms with Gasteiger partial charge in [0.1, 0.15) is 4.99 Å². The minimum absolute atomic E-state index is 0.106. The molecule has 0 radical (unpaired) electrons. The fraction of sp³-hybridized carbons (Fsp3) is 0.500. The van der Waals surface area contributed by atoms with E-state index in [1.54, 1.807) is 24.3 Å². The van der Waals surface area contributed by atoms with Crippen molar-refractivity contribution >= 4 is 27.2 Å². The molecule has 0 bridgehead atoms. The zero-order valence-electron chi connectivity index (χ0n) is 12.1. The molecule has 6 heteroatoms. The Labute approximate surface area is 126 Å². The van der Waals surface area contributed by atoms with E-state index in [4.69, 9.17) is 18.0 Å². The molecule has 3 N–H and O–H groups in total. The van der Waals surface area contributed by atoms with Crippen molar-refractivity contribution < 1.29 is 8.42 Å². The lowest BCUT2D eigenvalue weighted by molar-refractivity contribution is 0.414. The molecule has 0 amide bonds. The van der Waals surface area contributed by atoms with Crippen LogP contribution in [0.1, 0.15) is 31.9 Å². The Kier molecular flexibility index (Phi) is 6.10. The van der Waals surface area contributed by atoms with Crippen molar-refractivity contribution in [2.24, 2.45) is 17.6 Å². The zero-order valence-corrected chi connectivity index (χ0v) is 13.7. The van der Waals surface area contributed by atoms with Gasteiger partial charge in [0.15, 0.2) is 0 Å². The number of nitrogens with one attached hydrogen (secondary N) is 1. The Morgan fingerprint density at radius 2 is 1.90 bits per heavy atom. The Bertz CT molecular complexity index is 568. The normalized spacial score (nSPS) is 13.4. The number of rotatable bonds is 7. The molecule has 0 fully saturated rings. The van der Waals surface area contributed by atoms with Crippen LogP contribution in [-0.4, -0.2) is 20.0 Å². The summed E-state index contributed by atoms with van der Waals surface area (Å²) in [4.78, 5) is 0.214. The summed E-state index contributed by atoms with van der Waals surface area (Å²) in [7, 11) is -3.38. The number of thiocarbonyl (C=S) groups is 1. The van der Waals surface area contributed by atoms with Gasteiger partial charge in [0.2, 0.25) is 10.0 Å². The lowest BCUT2D eigenvalue weighted by atomic mass is 9.99. The highest BCUT2D eigenvalue weighted by Crippen LogP contribution is 2.13. The van der Waals surface area contributed by atoms with Crippen LogP contribution in [0.5, 0.6) is 0 Å². The molecule has 1 rings (SSSR count). The van der Waals surface area contributed by atoms with Gasteiger partial charge in [-0.25, -0.2) is 13.1 Å². The van der Waals surface area contributed by atoms with E-state index in [-0.39, 0.29) is 16.7 Å². The average molecular weight is 314 g/mol. The summed E-state index contributed by atoms with van der Waals surface area (Å²) in [5.41, 5.74) is 6.86. The molecule has 1 aromatic rings. The van der Waals surface area contributed by atoms with E-state index < -0.39 is 10.0 Å². The Balaban J connectivity index is 2.79. The summed E-state index contributed by atoms with van der Waals surface area (Å²) in [5, 5.41) is 0. The standard InChI is InChI=1S/C14H22N2O2S2/c1-10(2)11(3)8-16-20(17,18)9-12-6-4-5-7-13(12)14(15)19/h4-7,10-11,16H,8-9H2,1-3H3,(H2,15,19). The van der Waals surface area contributed by atoms with E-state index in [2.05, 4.69) is 18.6 Å². The predicted molar refractivity (Wildman–Crippen MR) is 87.0 cm³/mol. The van der Waals surface area contributed by atoms with Gasteiger partial charge in [0, 0.05) is 12.1 Å². The molecule has 1 atom stereocenters. The van der Waals surface area contributed by atoms with Gasteiger partial charge < -0.3 is 5.73 Å². The van der Waals surface area contributed by atoms with Crippen LogP contribution in [0.2, 0.25) is 0 Å². The van der Waals surface area contributed by atoms with Gasteiger partial charge in [-0.1, -0.05) is 57.3 Å². The molecule has 0 aliphatic heterocycles. The lowest BCUT2D eigenvalue weighted by Gasteiger charge is -2.16. The molecule has 0 spiro atoms. The van der Waals surface area contributed by atoms with E-state index in [1.165, 1.54) is 0 Å². The molecule has 4 nitrogen and oxygen atoms in total. The summed E-state index contributed by atoms with van der Waals surface area (Å²) >= 11 is 4.94. The van der Waals surface area contributed by atoms with Crippen LogP contribution >= 0.6 is 12.2 Å². The minimum Gasteiger partial charge on any atom is -0.389 e. The van der Waals surface area contributed by atoms with Crippen molar-refractivity contribution in [3.8, 4) is 0 Å². The molecule has 20 heavy (non-hydrogen) atoms. The third-order valence-electron chi connectivity index (χ3n) is 3.39. The lowest BCUT2D eigenvalue weighted by Crippen LogP contribution is -2.31. The SMILES string of the molecule is CC(C)C(C)CNS(=O)(=O)Cc1ccccc1C(N)=S. The van der Waals surface area contributed by atoms with Crippen molar-refractivity contribution in [2.75, 3.05) is 6.54 Å². The van der Waals surface area contributed by atoms with Gasteiger partial charge in [0.05, 0.1) is 5.75 Å². The molecule has 0 saturated carbocycles. The average Bonchev–Trinajstić information content (AvgIpc) is 2.35. The summed E-state index contributed by atoms with van der Waals surface area (Å²) in [6.07, 6.45) is 0. The number of nitrogens with two attached hydrogens (primary N) is 1. The third kappa shape index (κ3) is 5.19. The van der Waals surface area contributed by atoms with Crippen LogP contribution in [0.15, 0.2) is 24.3 Å². The molecule has 0 aromatic heterocycles. The number of hydrogen-bond acceptors (Lipinski definition) is 3. The van der Waals surface area contributed by atoms with Crippen LogP contribution in [0.4, 0.5) is 0 Å². The van der Waals surface area contributed by atoms with Crippen molar-refractivity contribution in [1.82, 2.24) is 4.72 Å². The molecular weight excluding hydrogens is 292 g/mol. The van der Waals surface area contributed by atoms with E-state index in [0.29, 0.717) is 23.6 Å². The predicted octanol–water partition coefficient (Wildman–Crippen LogP) is 2.03. The first kappa shape index (κ1) is 17.1. The summed E-state index contributed by atoms with van der Waals surface area (Å²) in [6, 6.07) is 7.05. The Morgan fingerprint density at radius 3 is 2.45 bits per heavy atom. The fourth-order valence-corrected chi connectivity index (χ4v) is 3.12. The van der Waals surface area contributed by atoms with Crippen LogP contribution in [0, 0.1) is 11.8 Å². The van der Waals surface area contributed by atoms with Crippen LogP contribution < -0.4 is 10.5 Å². The highest BCUT2D eigenvalue weighted by molar-refractivity contribution is 7.88. The van der Waals surface area contributed by atoms with Crippen LogP contribution in [0.25, 0.3) is 0 Å². The number of benzene rings is 1. The second-order valence-electron chi connectivity index (χ2n) is 5.35. The molecule has 0 saturated heterocycles. The molecule has 0 heterocycles. The topological polar surface area (TPSA) is 72.2 Å². The maximum absolute atomic E-state index is 12.1. The van der Waals surface area contributed by atoms with Crippen LogP contribution in [-0.2, 0) is 15.8 Å². The zero-order chi connectivity index (χ0) is 15.3. The molecule has 0 aliphatic rings. The van der Waals surface area contributed by atoms with Crippen molar-refractivity contribution in [2.45, 2.75) is 26.5 Å². The quantitative estimate of drug-likeness (QED) is 0.755. The van der Waals surface area contributed by atoms with Gasteiger partial charge in [-0.3, -0.25) is 0 Å². The molecule has 112 valence electrons. The maximum atomic E-state index is 12.1. The Hall–Kier alpha value is -0.980. The second kappa shape index (κ2) is 7.15. The molecule has 1 unspecified atom stereocenters. The fourth-order valence-electron chi connectivity index (χ4n) is 1.64. The molecule has 1 aromatic carbocycles. The largest absolute Gasteiger partial charge is 0.389 e.